The number of thioether (sulfide) groups is 1. The number of hydrogen-bond acceptors (Lipinski definition) is 7. The molecule has 2 heterocycles. The van der Waals surface area contributed by atoms with Gasteiger partial charge in [-0.05, 0) is 17.7 Å². The van der Waals surface area contributed by atoms with Gasteiger partial charge in [-0.25, -0.2) is 4.79 Å². The summed E-state index contributed by atoms with van der Waals surface area (Å²) in [4.78, 5) is 35.7. The van der Waals surface area contributed by atoms with Crippen LogP contribution in [0.1, 0.15) is 12.0 Å². The highest BCUT2D eigenvalue weighted by molar-refractivity contribution is 8.00. The third kappa shape index (κ3) is 2.94. The van der Waals surface area contributed by atoms with Gasteiger partial charge in [0.05, 0.1) is 29.6 Å². The topological polar surface area (TPSA) is 99.0 Å². The summed E-state index contributed by atoms with van der Waals surface area (Å²) in [5.74, 6) is 0.151. The molecule has 1 fully saturated rings. The van der Waals surface area contributed by atoms with Crippen LogP contribution in [0.5, 0.6) is 0 Å². The Hall–Kier alpha value is -2.55. The Labute approximate surface area is 141 Å². The number of esters is 1. The molecule has 0 bridgehead atoms. The Kier molecular flexibility index (Phi) is 4.43. The van der Waals surface area contributed by atoms with E-state index in [9.17, 15) is 19.7 Å². The van der Waals surface area contributed by atoms with Crippen LogP contribution in [0.4, 0.5) is 5.69 Å². The number of nitro benzene ring substituents is 1. The first-order valence-corrected chi connectivity index (χ1v) is 8.17. The van der Waals surface area contributed by atoms with E-state index in [4.69, 9.17) is 9.47 Å². The number of carbonyl (C=O) groups is 2. The molecule has 0 radical (unpaired) electrons. The molecular weight excluding hydrogens is 336 g/mol. The molecule has 0 N–H and O–H groups in total. The minimum absolute atomic E-state index is 0.0345. The van der Waals surface area contributed by atoms with Gasteiger partial charge in [-0.15, -0.1) is 11.8 Å². The number of hydrogen-bond donors (Lipinski definition) is 0. The lowest BCUT2D eigenvalue weighted by Crippen LogP contribution is -2.54. The zero-order valence-electron chi connectivity index (χ0n) is 12.8. The van der Waals surface area contributed by atoms with Crippen LogP contribution in [0.25, 0.3) is 0 Å². The molecule has 0 saturated carbocycles. The van der Waals surface area contributed by atoms with E-state index in [0.29, 0.717) is 23.5 Å². The Morgan fingerprint density at radius 1 is 1.42 bits per heavy atom. The summed E-state index contributed by atoms with van der Waals surface area (Å²) in [5.41, 5.74) is 0.734. The molecule has 2 aliphatic rings. The lowest BCUT2D eigenvalue weighted by atomic mass is 10.1. The van der Waals surface area contributed by atoms with Gasteiger partial charge in [-0.1, -0.05) is 0 Å². The fraction of sp³-hybridized carbons (Fsp3) is 0.333. The van der Waals surface area contributed by atoms with Gasteiger partial charge in [0, 0.05) is 12.1 Å². The number of fused-ring (bicyclic) bond motifs is 1. The summed E-state index contributed by atoms with van der Waals surface area (Å²) in [5, 5.41) is 10.6. The van der Waals surface area contributed by atoms with Gasteiger partial charge >= 0.3 is 5.97 Å². The van der Waals surface area contributed by atoms with Crippen molar-refractivity contribution in [1.82, 2.24) is 4.90 Å². The summed E-state index contributed by atoms with van der Waals surface area (Å²) in [6, 6.07) is 5.72. The quantitative estimate of drug-likeness (QED) is 0.345. The number of nitro groups is 1. The minimum atomic E-state index is -0.636. The molecule has 2 aliphatic heterocycles. The van der Waals surface area contributed by atoms with Crippen molar-refractivity contribution in [3.05, 3.63) is 51.4 Å². The third-order valence-electron chi connectivity index (χ3n) is 3.77. The van der Waals surface area contributed by atoms with Crippen LogP contribution in [-0.2, 0) is 25.7 Å². The fourth-order valence-electron chi connectivity index (χ4n) is 2.46. The van der Waals surface area contributed by atoms with E-state index in [1.807, 2.05) is 0 Å². The van der Waals surface area contributed by atoms with E-state index in [1.165, 1.54) is 48.0 Å². The van der Waals surface area contributed by atoms with E-state index < -0.39 is 10.9 Å². The summed E-state index contributed by atoms with van der Waals surface area (Å²) in [6.07, 6.45) is 0.404. The largest absolute Gasteiger partial charge is 0.498 e. The van der Waals surface area contributed by atoms with Gasteiger partial charge in [0.2, 0.25) is 5.91 Å². The van der Waals surface area contributed by atoms with Crippen LogP contribution >= 0.6 is 11.8 Å². The second-order valence-electron chi connectivity index (χ2n) is 5.21. The molecule has 0 aromatic heterocycles. The smallest absolute Gasteiger partial charge is 0.358 e. The van der Waals surface area contributed by atoms with Gasteiger partial charge in [-0.2, -0.15) is 0 Å². The van der Waals surface area contributed by atoms with Crippen molar-refractivity contribution in [1.29, 1.82) is 0 Å². The highest BCUT2D eigenvalue weighted by Crippen LogP contribution is 2.40. The number of non-ortho nitro benzene ring substituents is 1. The molecule has 0 unspecified atom stereocenters. The summed E-state index contributed by atoms with van der Waals surface area (Å²) < 4.78 is 10.5. The van der Waals surface area contributed by atoms with Crippen molar-refractivity contribution in [2.75, 3.05) is 12.9 Å². The molecule has 126 valence electrons. The highest BCUT2D eigenvalue weighted by Gasteiger charge is 2.46. The predicted octanol–water partition coefficient (Wildman–Crippen LogP) is 1.80. The van der Waals surface area contributed by atoms with Crippen LogP contribution in [0.2, 0.25) is 0 Å². The molecule has 0 spiro atoms. The van der Waals surface area contributed by atoms with E-state index in [1.54, 1.807) is 0 Å². The third-order valence-corrected chi connectivity index (χ3v) is 4.97. The first-order chi connectivity index (χ1) is 11.5. The fourth-order valence-corrected chi connectivity index (χ4v) is 3.69. The monoisotopic (exact) mass is 350 g/mol. The average Bonchev–Trinajstić information content (AvgIpc) is 2.58. The maximum atomic E-state index is 12.4. The second kappa shape index (κ2) is 6.52. The van der Waals surface area contributed by atoms with Crippen molar-refractivity contribution >= 4 is 29.3 Å². The van der Waals surface area contributed by atoms with E-state index in [0.717, 1.165) is 0 Å². The Balaban J connectivity index is 1.70. The average molecular weight is 350 g/mol. The lowest BCUT2D eigenvalue weighted by Gasteiger charge is -2.43. The Bertz CT molecular complexity index is 730. The second-order valence-corrected chi connectivity index (χ2v) is 6.38. The molecule has 3 rings (SSSR count). The molecule has 1 amide bonds. The maximum absolute atomic E-state index is 12.4. The molecule has 1 aromatic rings. The number of ether oxygens (including phenoxy) is 2. The first-order valence-electron chi connectivity index (χ1n) is 7.12. The van der Waals surface area contributed by atoms with Crippen LogP contribution < -0.4 is 0 Å². The van der Waals surface area contributed by atoms with Crippen molar-refractivity contribution in [3.63, 3.8) is 0 Å². The molecule has 1 atom stereocenters. The predicted molar refractivity (Wildman–Crippen MR) is 84.6 cm³/mol. The van der Waals surface area contributed by atoms with Crippen molar-refractivity contribution < 1.29 is 24.0 Å². The van der Waals surface area contributed by atoms with Crippen LogP contribution in [0, 0.1) is 10.1 Å². The minimum Gasteiger partial charge on any atom is -0.498 e. The number of rotatable bonds is 5. The molecule has 0 aliphatic carbocycles. The number of β-lactam (4-membered cyclic amide) rings is 1. The summed E-state index contributed by atoms with van der Waals surface area (Å²) in [7, 11) is 1.45. The number of nitrogens with zero attached hydrogens (tertiary/aromatic N) is 2. The maximum Gasteiger partial charge on any atom is 0.358 e. The SMILES string of the molecule is COC1=C(C(=O)OCc2ccc([N+](=O)[O-])cc2)N2C(=O)C[C@@H]2SC1. The number of amides is 1. The normalized spacial score (nSPS) is 19.5. The summed E-state index contributed by atoms with van der Waals surface area (Å²) >= 11 is 1.54. The van der Waals surface area contributed by atoms with E-state index >= 15 is 0 Å². The van der Waals surface area contributed by atoms with Crippen LogP contribution in [0.15, 0.2) is 35.7 Å². The van der Waals surface area contributed by atoms with Crippen LogP contribution in [-0.4, -0.2) is 39.9 Å². The molecule has 8 nitrogen and oxygen atoms in total. The zero-order chi connectivity index (χ0) is 17.3. The van der Waals surface area contributed by atoms with Gasteiger partial charge in [0.15, 0.2) is 5.70 Å². The van der Waals surface area contributed by atoms with E-state index in [-0.39, 0.29) is 29.3 Å². The molecule has 1 saturated heterocycles. The molecule has 1 aromatic carbocycles. The highest BCUT2D eigenvalue weighted by atomic mass is 32.2. The summed E-state index contributed by atoms with van der Waals surface area (Å²) in [6.45, 7) is -0.0445. The van der Waals surface area contributed by atoms with Gasteiger partial charge < -0.3 is 9.47 Å². The number of benzene rings is 1. The standard InChI is InChI=1S/C15H14N2O6S/c1-22-11-8-24-13-6-12(18)16(13)14(11)15(19)23-7-9-2-4-10(5-3-9)17(20)21/h2-5,13H,6-8H2,1H3/t13-/m0/s1. The Morgan fingerprint density at radius 2 is 2.12 bits per heavy atom. The Morgan fingerprint density at radius 3 is 2.71 bits per heavy atom. The first kappa shape index (κ1) is 16.3. The van der Waals surface area contributed by atoms with Crippen molar-refractivity contribution in [3.8, 4) is 0 Å². The van der Waals surface area contributed by atoms with Gasteiger partial charge in [-0.3, -0.25) is 19.8 Å². The molecule has 24 heavy (non-hydrogen) atoms. The number of methoxy groups -OCH3 is 1. The zero-order valence-corrected chi connectivity index (χ0v) is 13.6. The van der Waals surface area contributed by atoms with Gasteiger partial charge in [0.1, 0.15) is 12.4 Å². The van der Waals surface area contributed by atoms with Gasteiger partial charge in [0.25, 0.3) is 5.69 Å². The molecule has 9 heteroatoms. The van der Waals surface area contributed by atoms with E-state index in [2.05, 4.69) is 0 Å². The van der Waals surface area contributed by atoms with Crippen molar-refractivity contribution in [2.24, 2.45) is 0 Å². The van der Waals surface area contributed by atoms with Crippen LogP contribution in [0.3, 0.4) is 0 Å². The number of carbonyl (C=O) groups excluding carboxylic acids is 2. The van der Waals surface area contributed by atoms with Crippen molar-refractivity contribution in [2.45, 2.75) is 18.4 Å². The lowest BCUT2D eigenvalue weighted by molar-refractivity contribution is -0.384. The molecular formula is C15H14N2O6S.